The van der Waals surface area contributed by atoms with E-state index in [2.05, 4.69) is 20.2 Å². The lowest BCUT2D eigenvalue weighted by Crippen LogP contribution is -2.38. The Morgan fingerprint density at radius 2 is 1.94 bits per heavy atom. The summed E-state index contributed by atoms with van der Waals surface area (Å²) in [6, 6.07) is 5.85. The number of fused-ring (bicyclic) bond motifs is 1. The number of ether oxygens (including phenoxy) is 2. The Morgan fingerprint density at radius 3 is 2.61 bits per heavy atom. The second kappa shape index (κ2) is 8.62. The van der Waals surface area contributed by atoms with Gasteiger partial charge in [-0.1, -0.05) is 0 Å². The summed E-state index contributed by atoms with van der Waals surface area (Å²) < 4.78 is 13.3. The highest BCUT2D eigenvalue weighted by atomic mass is 16.5. The van der Waals surface area contributed by atoms with E-state index in [-0.39, 0.29) is 0 Å². The molecule has 0 saturated carbocycles. The summed E-state index contributed by atoms with van der Waals surface area (Å²) in [5, 5.41) is 9.03. The summed E-state index contributed by atoms with van der Waals surface area (Å²) in [7, 11) is 5.21. The molecule has 0 unspecified atom stereocenters. The standard InChI is InChI=1S/C23H28N8O2/c1-14-10-25-20(24)19-16(14)11-26-22(28-19)31(12-23(2,3)33-6)17-8-7-15(9-18(17)32-5)21-29-27-13-30(21)4/h7-11,13H,12H2,1-6H3,(H2,24,25). The molecular weight excluding hydrogens is 420 g/mol. The second-order valence-electron chi connectivity index (χ2n) is 8.46. The number of nitrogens with two attached hydrogens (primary N) is 1. The topological polar surface area (TPSA) is 117 Å². The highest BCUT2D eigenvalue weighted by Gasteiger charge is 2.27. The van der Waals surface area contributed by atoms with Gasteiger partial charge in [0.2, 0.25) is 5.95 Å². The zero-order valence-electron chi connectivity index (χ0n) is 19.7. The van der Waals surface area contributed by atoms with Gasteiger partial charge in [0.05, 0.1) is 24.9 Å². The van der Waals surface area contributed by atoms with Crippen LogP contribution in [0.5, 0.6) is 5.75 Å². The molecule has 0 radical (unpaired) electrons. The lowest BCUT2D eigenvalue weighted by atomic mass is 10.1. The van der Waals surface area contributed by atoms with Gasteiger partial charge in [0, 0.05) is 37.5 Å². The Bertz CT molecular complexity index is 1300. The molecule has 0 aliphatic rings. The van der Waals surface area contributed by atoms with E-state index in [0.29, 0.717) is 29.6 Å². The van der Waals surface area contributed by atoms with Crippen LogP contribution in [0.2, 0.25) is 0 Å². The number of aromatic nitrogens is 6. The second-order valence-corrected chi connectivity index (χ2v) is 8.46. The molecule has 0 saturated heterocycles. The molecule has 3 heterocycles. The molecule has 4 rings (SSSR count). The van der Waals surface area contributed by atoms with Crippen molar-refractivity contribution in [1.29, 1.82) is 0 Å². The maximum atomic E-state index is 6.15. The quantitative estimate of drug-likeness (QED) is 0.454. The predicted molar refractivity (Wildman–Crippen MR) is 128 cm³/mol. The third-order valence-electron chi connectivity index (χ3n) is 5.61. The molecule has 3 aromatic heterocycles. The van der Waals surface area contributed by atoms with Gasteiger partial charge in [0.25, 0.3) is 0 Å². The molecule has 2 N–H and O–H groups in total. The SMILES string of the molecule is COc1cc(-c2nncn2C)ccc1N(CC(C)(C)OC)c1ncc2c(C)cnc(N)c2n1. The molecule has 4 aromatic rings. The first-order chi connectivity index (χ1) is 15.7. The summed E-state index contributed by atoms with van der Waals surface area (Å²) in [5.41, 5.74) is 8.88. The van der Waals surface area contributed by atoms with Crippen LogP contribution < -0.4 is 15.4 Å². The number of aryl methyl sites for hydroxylation is 2. The molecule has 0 aliphatic heterocycles. The molecule has 0 fully saturated rings. The zero-order valence-corrected chi connectivity index (χ0v) is 19.7. The van der Waals surface area contributed by atoms with E-state index in [4.69, 9.17) is 20.2 Å². The fraction of sp³-hybridized carbons (Fsp3) is 0.348. The first kappa shape index (κ1) is 22.4. The minimum absolute atomic E-state index is 0.356. The molecule has 33 heavy (non-hydrogen) atoms. The number of rotatable bonds is 7. The van der Waals surface area contributed by atoms with Crippen LogP contribution in [-0.2, 0) is 11.8 Å². The van der Waals surface area contributed by atoms with E-state index in [0.717, 1.165) is 28.0 Å². The van der Waals surface area contributed by atoms with Gasteiger partial charge in [-0.25, -0.2) is 15.0 Å². The van der Waals surface area contributed by atoms with Gasteiger partial charge in [-0.15, -0.1) is 10.2 Å². The molecule has 0 aliphatic carbocycles. The monoisotopic (exact) mass is 448 g/mol. The summed E-state index contributed by atoms with van der Waals surface area (Å²) in [4.78, 5) is 15.7. The smallest absolute Gasteiger partial charge is 0.230 e. The van der Waals surface area contributed by atoms with Gasteiger partial charge in [0.15, 0.2) is 5.82 Å². The largest absolute Gasteiger partial charge is 0.495 e. The van der Waals surface area contributed by atoms with Crippen molar-refractivity contribution < 1.29 is 9.47 Å². The highest BCUT2D eigenvalue weighted by Crippen LogP contribution is 2.37. The molecule has 0 amide bonds. The van der Waals surface area contributed by atoms with Gasteiger partial charge >= 0.3 is 0 Å². The van der Waals surface area contributed by atoms with Crippen molar-refractivity contribution in [2.45, 2.75) is 26.4 Å². The molecule has 172 valence electrons. The minimum Gasteiger partial charge on any atom is -0.495 e. The van der Waals surface area contributed by atoms with Gasteiger partial charge < -0.3 is 24.7 Å². The average molecular weight is 449 g/mol. The Hall–Kier alpha value is -3.79. The number of hydrogen-bond acceptors (Lipinski definition) is 9. The molecule has 0 bridgehead atoms. The molecule has 0 spiro atoms. The van der Waals surface area contributed by atoms with Crippen LogP contribution in [0.4, 0.5) is 17.5 Å². The van der Waals surface area contributed by atoms with Crippen LogP contribution in [-0.4, -0.2) is 56.1 Å². The maximum Gasteiger partial charge on any atom is 0.230 e. The van der Waals surface area contributed by atoms with Crippen molar-refractivity contribution in [3.05, 3.63) is 42.5 Å². The molecular formula is C23H28N8O2. The van der Waals surface area contributed by atoms with E-state index in [1.54, 1.807) is 32.9 Å². The van der Waals surface area contributed by atoms with Gasteiger partial charge in [-0.3, -0.25) is 0 Å². The maximum absolute atomic E-state index is 6.15. The minimum atomic E-state index is -0.498. The number of anilines is 3. The summed E-state index contributed by atoms with van der Waals surface area (Å²) in [6.45, 7) is 6.43. The third-order valence-corrected chi connectivity index (χ3v) is 5.61. The number of nitrogens with zero attached hydrogens (tertiary/aromatic N) is 7. The van der Waals surface area contributed by atoms with Crippen molar-refractivity contribution in [1.82, 2.24) is 29.7 Å². The Labute approximate surface area is 192 Å². The fourth-order valence-electron chi connectivity index (χ4n) is 3.58. The van der Waals surface area contributed by atoms with Crippen molar-refractivity contribution in [2.75, 3.05) is 31.4 Å². The number of pyridine rings is 1. The first-order valence-corrected chi connectivity index (χ1v) is 10.5. The lowest BCUT2D eigenvalue weighted by molar-refractivity contribution is 0.0305. The average Bonchev–Trinajstić information content (AvgIpc) is 3.25. The van der Waals surface area contributed by atoms with E-state index >= 15 is 0 Å². The van der Waals surface area contributed by atoms with Crippen LogP contribution in [0.3, 0.4) is 0 Å². The summed E-state index contributed by atoms with van der Waals surface area (Å²) in [6.07, 6.45) is 5.16. The van der Waals surface area contributed by atoms with Crippen molar-refractivity contribution in [3.8, 4) is 17.1 Å². The lowest BCUT2D eigenvalue weighted by Gasteiger charge is -2.32. The predicted octanol–water partition coefficient (Wildman–Crippen LogP) is 3.28. The Balaban J connectivity index is 1.87. The molecule has 0 atom stereocenters. The van der Waals surface area contributed by atoms with Gasteiger partial charge in [0.1, 0.15) is 23.4 Å². The van der Waals surface area contributed by atoms with Crippen LogP contribution in [0, 0.1) is 6.92 Å². The number of benzene rings is 1. The van der Waals surface area contributed by atoms with E-state index < -0.39 is 5.60 Å². The Kier molecular flexibility index (Phi) is 5.86. The van der Waals surface area contributed by atoms with Crippen molar-refractivity contribution in [3.63, 3.8) is 0 Å². The van der Waals surface area contributed by atoms with Crippen LogP contribution in [0.1, 0.15) is 19.4 Å². The van der Waals surface area contributed by atoms with Crippen LogP contribution in [0.25, 0.3) is 22.3 Å². The van der Waals surface area contributed by atoms with E-state index in [9.17, 15) is 0 Å². The number of hydrogen-bond donors (Lipinski definition) is 1. The number of methoxy groups -OCH3 is 2. The first-order valence-electron chi connectivity index (χ1n) is 10.5. The zero-order chi connectivity index (χ0) is 23.8. The molecule has 10 heteroatoms. The van der Waals surface area contributed by atoms with E-state index in [1.165, 1.54) is 0 Å². The fourth-order valence-corrected chi connectivity index (χ4v) is 3.58. The van der Waals surface area contributed by atoms with Crippen molar-refractivity contribution >= 4 is 28.4 Å². The molecule has 10 nitrogen and oxygen atoms in total. The normalized spacial score (nSPS) is 11.7. The summed E-state index contributed by atoms with van der Waals surface area (Å²) >= 11 is 0. The van der Waals surface area contributed by atoms with Crippen LogP contribution >= 0.6 is 0 Å². The molecule has 1 aromatic carbocycles. The van der Waals surface area contributed by atoms with Crippen molar-refractivity contribution in [2.24, 2.45) is 7.05 Å². The Morgan fingerprint density at radius 1 is 1.15 bits per heavy atom. The third kappa shape index (κ3) is 4.29. The number of nitrogen functional groups attached to an aromatic ring is 1. The van der Waals surface area contributed by atoms with Gasteiger partial charge in [-0.2, -0.15) is 0 Å². The van der Waals surface area contributed by atoms with Gasteiger partial charge in [-0.05, 0) is 44.5 Å². The van der Waals surface area contributed by atoms with E-state index in [1.807, 2.05) is 55.5 Å². The summed E-state index contributed by atoms with van der Waals surface area (Å²) in [5.74, 6) is 2.20. The highest BCUT2D eigenvalue weighted by molar-refractivity contribution is 5.90. The van der Waals surface area contributed by atoms with Crippen LogP contribution in [0.15, 0.2) is 36.9 Å².